The second-order valence-electron chi connectivity index (χ2n) is 4.94. The zero-order valence-corrected chi connectivity index (χ0v) is 11.8. The Kier molecular flexibility index (Phi) is 11.8. The molecule has 3 N–H and O–H groups in total. The van der Waals surface area contributed by atoms with E-state index in [2.05, 4.69) is 6.92 Å². The maximum atomic E-state index is 10.4. The van der Waals surface area contributed by atoms with E-state index in [9.17, 15) is 4.79 Å². The molecule has 0 rings (SSSR count). The van der Waals surface area contributed by atoms with Crippen molar-refractivity contribution in [3.05, 3.63) is 11.8 Å². The van der Waals surface area contributed by atoms with Gasteiger partial charge in [0, 0.05) is 0 Å². The maximum absolute atomic E-state index is 10.4. The normalized spacial score (nSPS) is 11.7. The average molecular weight is 255 g/mol. The monoisotopic (exact) mass is 255 g/mol. The summed E-state index contributed by atoms with van der Waals surface area (Å²) in [4.78, 5) is 10.4. The first-order valence-corrected chi connectivity index (χ1v) is 7.37. The summed E-state index contributed by atoms with van der Waals surface area (Å²) in [6.45, 7) is 2.24. The lowest BCUT2D eigenvalue weighted by atomic mass is 10.1. The van der Waals surface area contributed by atoms with Gasteiger partial charge in [-0.1, -0.05) is 70.8 Å². The van der Waals surface area contributed by atoms with E-state index in [0.717, 1.165) is 12.8 Å². The van der Waals surface area contributed by atoms with Crippen molar-refractivity contribution in [1.82, 2.24) is 0 Å². The zero-order valence-electron chi connectivity index (χ0n) is 11.8. The molecule has 0 saturated heterocycles. The molecular weight excluding hydrogens is 226 g/mol. The number of allylic oxidation sites excluding steroid dienone is 1. The van der Waals surface area contributed by atoms with Gasteiger partial charge in [-0.25, -0.2) is 4.79 Å². The smallest absolute Gasteiger partial charge is 0.351 e. The van der Waals surface area contributed by atoms with Crippen LogP contribution in [0.3, 0.4) is 0 Å². The molecule has 0 unspecified atom stereocenters. The Labute approximate surface area is 111 Å². The third-order valence-corrected chi connectivity index (χ3v) is 3.17. The van der Waals surface area contributed by atoms with Crippen LogP contribution in [0, 0.1) is 0 Å². The number of carboxylic acid groups (broad SMARTS) is 1. The van der Waals surface area contributed by atoms with Crippen molar-refractivity contribution in [2.75, 3.05) is 0 Å². The fourth-order valence-corrected chi connectivity index (χ4v) is 1.98. The molecule has 3 nitrogen and oxygen atoms in total. The molecule has 0 aliphatic heterocycles. The van der Waals surface area contributed by atoms with E-state index in [-0.39, 0.29) is 5.70 Å². The standard InChI is InChI=1S/C15H29NO2/c1-2-3-4-5-6-7-8-9-10-11-12-13-14(16)15(17)18/h13H,2-12,16H2,1H3,(H,17,18)/b14-13-. The van der Waals surface area contributed by atoms with Crippen molar-refractivity contribution in [2.24, 2.45) is 5.73 Å². The molecule has 0 bridgehead atoms. The van der Waals surface area contributed by atoms with Crippen LogP contribution in [0.5, 0.6) is 0 Å². The van der Waals surface area contributed by atoms with E-state index in [1.54, 1.807) is 6.08 Å². The summed E-state index contributed by atoms with van der Waals surface area (Å²) in [5.74, 6) is -1.01. The minimum atomic E-state index is -1.01. The van der Waals surface area contributed by atoms with E-state index in [0.29, 0.717) is 0 Å². The number of aliphatic carboxylic acids is 1. The molecule has 0 aromatic carbocycles. The molecular formula is C15H29NO2. The Morgan fingerprint density at radius 2 is 1.39 bits per heavy atom. The van der Waals surface area contributed by atoms with Gasteiger partial charge in [0.05, 0.1) is 0 Å². The lowest BCUT2D eigenvalue weighted by molar-refractivity contribution is -0.132. The van der Waals surface area contributed by atoms with Gasteiger partial charge in [-0.2, -0.15) is 0 Å². The van der Waals surface area contributed by atoms with Crippen molar-refractivity contribution >= 4 is 5.97 Å². The first-order chi connectivity index (χ1) is 8.68. The molecule has 0 aromatic rings. The Morgan fingerprint density at radius 1 is 0.944 bits per heavy atom. The van der Waals surface area contributed by atoms with E-state index < -0.39 is 5.97 Å². The van der Waals surface area contributed by atoms with Crippen LogP contribution in [0.4, 0.5) is 0 Å². The van der Waals surface area contributed by atoms with Gasteiger partial charge in [-0.15, -0.1) is 0 Å². The fraction of sp³-hybridized carbons (Fsp3) is 0.800. The average Bonchev–Trinajstić information content (AvgIpc) is 2.35. The Hall–Kier alpha value is -0.990. The van der Waals surface area contributed by atoms with Crippen LogP contribution in [0.15, 0.2) is 11.8 Å². The SMILES string of the molecule is CCCCCCCCCCCC/C=C(\N)C(=O)O. The molecule has 0 spiro atoms. The lowest BCUT2D eigenvalue weighted by Crippen LogP contribution is -2.09. The minimum Gasteiger partial charge on any atom is -0.477 e. The molecule has 0 radical (unpaired) electrons. The van der Waals surface area contributed by atoms with Gasteiger partial charge in [0.1, 0.15) is 5.70 Å². The first kappa shape index (κ1) is 17.0. The number of unbranched alkanes of at least 4 members (excludes halogenated alkanes) is 10. The van der Waals surface area contributed by atoms with Gasteiger partial charge in [0.2, 0.25) is 0 Å². The highest BCUT2D eigenvalue weighted by Gasteiger charge is 1.98. The zero-order chi connectivity index (χ0) is 13.6. The van der Waals surface area contributed by atoms with Gasteiger partial charge in [0.25, 0.3) is 0 Å². The van der Waals surface area contributed by atoms with Crippen LogP contribution < -0.4 is 5.73 Å². The van der Waals surface area contributed by atoms with E-state index in [1.165, 1.54) is 57.8 Å². The molecule has 0 aliphatic carbocycles. The summed E-state index contributed by atoms with van der Waals surface area (Å²) in [5, 5.41) is 8.55. The molecule has 0 saturated carbocycles. The number of carbonyl (C=O) groups is 1. The summed E-state index contributed by atoms with van der Waals surface area (Å²) >= 11 is 0. The molecule has 0 aromatic heterocycles. The van der Waals surface area contributed by atoms with Gasteiger partial charge >= 0.3 is 5.97 Å². The molecule has 0 aliphatic rings. The Bertz CT molecular complexity index is 237. The van der Waals surface area contributed by atoms with Crippen molar-refractivity contribution in [3.8, 4) is 0 Å². The van der Waals surface area contributed by atoms with Crippen LogP contribution in [-0.4, -0.2) is 11.1 Å². The van der Waals surface area contributed by atoms with Crippen LogP contribution in [0.25, 0.3) is 0 Å². The largest absolute Gasteiger partial charge is 0.477 e. The fourth-order valence-electron chi connectivity index (χ4n) is 1.98. The predicted octanol–water partition coefficient (Wildman–Crippen LogP) is 4.22. The third kappa shape index (κ3) is 11.5. The molecule has 0 heterocycles. The summed E-state index contributed by atoms with van der Waals surface area (Å²) in [6, 6.07) is 0. The Balaban J connectivity index is 3.17. The van der Waals surface area contributed by atoms with Crippen molar-refractivity contribution in [2.45, 2.75) is 77.6 Å². The topological polar surface area (TPSA) is 63.3 Å². The predicted molar refractivity (Wildman–Crippen MR) is 76.4 cm³/mol. The number of hydrogen-bond donors (Lipinski definition) is 2. The van der Waals surface area contributed by atoms with Gasteiger partial charge in [-0.05, 0) is 12.8 Å². The van der Waals surface area contributed by atoms with Crippen LogP contribution in [0.1, 0.15) is 77.6 Å². The molecule has 18 heavy (non-hydrogen) atoms. The first-order valence-electron chi connectivity index (χ1n) is 7.37. The molecule has 3 heteroatoms. The number of hydrogen-bond acceptors (Lipinski definition) is 2. The van der Waals surface area contributed by atoms with Gasteiger partial charge < -0.3 is 10.8 Å². The van der Waals surface area contributed by atoms with Crippen LogP contribution >= 0.6 is 0 Å². The second-order valence-corrected chi connectivity index (χ2v) is 4.94. The molecule has 106 valence electrons. The van der Waals surface area contributed by atoms with E-state index in [4.69, 9.17) is 10.8 Å². The maximum Gasteiger partial charge on any atom is 0.351 e. The molecule has 0 amide bonds. The van der Waals surface area contributed by atoms with E-state index in [1.807, 2.05) is 0 Å². The van der Waals surface area contributed by atoms with Gasteiger partial charge in [-0.3, -0.25) is 0 Å². The Morgan fingerprint density at radius 3 is 1.83 bits per heavy atom. The minimum absolute atomic E-state index is 0.0223. The summed E-state index contributed by atoms with van der Waals surface area (Å²) in [7, 11) is 0. The van der Waals surface area contributed by atoms with Crippen molar-refractivity contribution in [3.63, 3.8) is 0 Å². The lowest BCUT2D eigenvalue weighted by Gasteiger charge is -2.01. The van der Waals surface area contributed by atoms with Crippen molar-refractivity contribution in [1.29, 1.82) is 0 Å². The van der Waals surface area contributed by atoms with Crippen LogP contribution in [0.2, 0.25) is 0 Å². The second kappa shape index (κ2) is 12.5. The number of carboxylic acids is 1. The highest BCUT2D eigenvalue weighted by molar-refractivity contribution is 5.85. The molecule has 0 atom stereocenters. The van der Waals surface area contributed by atoms with Crippen molar-refractivity contribution < 1.29 is 9.90 Å². The number of nitrogens with two attached hydrogens (primary N) is 1. The summed E-state index contributed by atoms with van der Waals surface area (Å²) < 4.78 is 0. The highest BCUT2D eigenvalue weighted by Crippen LogP contribution is 2.11. The molecule has 0 fully saturated rings. The third-order valence-electron chi connectivity index (χ3n) is 3.17. The summed E-state index contributed by atoms with van der Waals surface area (Å²) in [5.41, 5.74) is 5.28. The van der Waals surface area contributed by atoms with E-state index >= 15 is 0 Å². The highest BCUT2D eigenvalue weighted by atomic mass is 16.4. The quantitative estimate of drug-likeness (QED) is 0.405. The van der Waals surface area contributed by atoms with Gasteiger partial charge in [0.15, 0.2) is 0 Å². The number of rotatable bonds is 12. The van der Waals surface area contributed by atoms with Crippen LogP contribution in [-0.2, 0) is 4.79 Å². The summed E-state index contributed by atoms with van der Waals surface area (Å²) in [6.07, 6.45) is 15.4.